The molecule has 0 aromatic carbocycles. The van der Waals surface area contributed by atoms with Crippen molar-refractivity contribution >= 4 is 10.0 Å². The molecular weight excluding hydrogens is 272 g/mol. The molecule has 0 radical (unpaired) electrons. The number of nitrogens with one attached hydrogen (secondary N) is 1. The van der Waals surface area contributed by atoms with Gasteiger partial charge in [0, 0.05) is 13.0 Å². The Labute approximate surface area is 110 Å². The lowest BCUT2D eigenvalue weighted by molar-refractivity contribution is 0.374. The van der Waals surface area contributed by atoms with Crippen LogP contribution in [0.2, 0.25) is 0 Å². The van der Waals surface area contributed by atoms with Crippen molar-refractivity contribution < 1.29 is 17.4 Å². The van der Waals surface area contributed by atoms with Gasteiger partial charge in [0.1, 0.15) is 5.76 Å². The fourth-order valence-electron chi connectivity index (χ4n) is 1.42. The highest BCUT2D eigenvalue weighted by Gasteiger charge is 2.18. The molecule has 0 bridgehead atoms. The van der Waals surface area contributed by atoms with E-state index in [1.54, 1.807) is 6.92 Å². The maximum atomic E-state index is 11.8. The minimum absolute atomic E-state index is 0.141. The Kier molecular flexibility index (Phi) is 3.98. The molecule has 0 aliphatic rings. The third-order valence-electron chi connectivity index (χ3n) is 2.30. The number of aryl methyl sites for hydroxylation is 1. The Hall–Kier alpha value is -1.71. The lowest BCUT2D eigenvalue weighted by Crippen LogP contribution is -2.25. The molecule has 3 N–H and O–H groups in total. The highest BCUT2D eigenvalue weighted by molar-refractivity contribution is 7.89. The lowest BCUT2D eigenvalue weighted by atomic mass is 10.4. The van der Waals surface area contributed by atoms with Gasteiger partial charge in [-0.25, -0.2) is 13.1 Å². The summed E-state index contributed by atoms with van der Waals surface area (Å²) in [4.78, 5) is 3.97. The van der Waals surface area contributed by atoms with E-state index in [-0.39, 0.29) is 18.2 Å². The van der Waals surface area contributed by atoms with Crippen LogP contribution >= 0.6 is 0 Å². The topological polar surface area (TPSA) is 124 Å². The van der Waals surface area contributed by atoms with Gasteiger partial charge in [-0.05, 0) is 19.1 Å². The number of hydrogen-bond donors (Lipinski definition) is 2. The summed E-state index contributed by atoms with van der Waals surface area (Å²) < 4.78 is 36.0. The summed E-state index contributed by atoms with van der Waals surface area (Å²) in [6, 6.07) is 2.89. The SMILES string of the molecule is Cc1noc(CCNS(=O)(=O)c2ccc(CN)o2)n1. The van der Waals surface area contributed by atoms with Crippen molar-refractivity contribution in [3.8, 4) is 0 Å². The Balaban J connectivity index is 1.94. The Morgan fingerprint density at radius 1 is 1.42 bits per heavy atom. The number of nitrogens with two attached hydrogens (primary N) is 1. The fraction of sp³-hybridized carbons (Fsp3) is 0.400. The molecule has 2 rings (SSSR count). The highest BCUT2D eigenvalue weighted by Crippen LogP contribution is 2.13. The van der Waals surface area contributed by atoms with E-state index < -0.39 is 10.0 Å². The molecule has 0 saturated carbocycles. The number of nitrogens with zero attached hydrogens (tertiary/aromatic N) is 2. The predicted molar refractivity (Wildman–Crippen MR) is 64.5 cm³/mol. The average Bonchev–Trinajstić information content (AvgIpc) is 2.98. The van der Waals surface area contributed by atoms with Crippen LogP contribution in [0, 0.1) is 6.92 Å². The highest BCUT2D eigenvalue weighted by atomic mass is 32.2. The van der Waals surface area contributed by atoms with Crippen molar-refractivity contribution in [3.05, 3.63) is 29.6 Å². The lowest BCUT2D eigenvalue weighted by Gasteiger charge is -2.01. The van der Waals surface area contributed by atoms with Gasteiger partial charge in [-0.3, -0.25) is 0 Å². The quantitative estimate of drug-likeness (QED) is 0.762. The molecule has 19 heavy (non-hydrogen) atoms. The molecular formula is C10H14N4O4S. The van der Waals surface area contributed by atoms with Crippen LogP contribution in [0.5, 0.6) is 0 Å². The van der Waals surface area contributed by atoms with Crippen LogP contribution in [0.25, 0.3) is 0 Å². The molecule has 104 valence electrons. The monoisotopic (exact) mass is 286 g/mol. The number of sulfonamides is 1. The number of rotatable bonds is 6. The summed E-state index contributed by atoms with van der Waals surface area (Å²) in [6.07, 6.45) is 0.310. The van der Waals surface area contributed by atoms with Crippen LogP contribution in [-0.4, -0.2) is 25.1 Å². The molecule has 0 amide bonds. The zero-order valence-electron chi connectivity index (χ0n) is 10.3. The van der Waals surface area contributed by atoms with Crippen molar-refractivity contribution in [3.63, 3.8) is 0 Å². The van der Waals surface area contributed by atoms with Crippen molar-refractivity contribution in [1.82, 2.24) is 14.9 Å². The van der Waals surface area contributed by atoms with Gasteiger partial charge in [0.15, 0.2) is 5.82 Å². The number of furan rings is 1. The van der Waals surface area contributed by atoms with E-state index in [0.717, 1.165) is 0 Å². The molecule has 0 unspecified atom stereocenters. The van der Waals surface area contributed by atoms with E-state index in [1.165, 1.54) is 12.1 Å². The molecule has 2 aromatic heterocycles. The molecule has 0 atom stereocenters. The second-order valence-electron chi connectivity index (χ2n) is 3.81. The first kappa shape index (κ1) is 13.7. The van der Waals surface area contributed by atoms with Gasteiger partial charge in [-0.2, -0.15) is 4.98 Å². The third-order valence-corrected chi connectivity index (χ3v) is 3.64. The van der Waals surface area contributed by atoms with Crippen LogP contribution in [0.4, 0.5) is 0 Å². The molecule has 9 heteroatoms. The molecule has 8 nitrogen and oxygen atoms in total. The van der Waals surface area contributed by atoms with E-state index in [4.69, 9.17) is 14.7 Å². The van der Waals surface area contributed by atoms with Gasteiger partial charge in [0.2, 0.25) is 11.0 Å². The molecule has 0 fully saturated rings. The Morgan fingerprint density at radius 3 is 2.79 bits per heavy atom. The summed E-state index contributed by atoms with van der Waals surface area (Å²) >= 11 is 0. The summed E-state index contributed by atoms with van der Waals surface area (Å²) in [5.41, 5.74) is 5.35. The maximum Gasteiger partial charge on any atom is 0.273 e. The van der Waals surface area contributed by atoms with Crippen LogP contribution in [0.3, 0.4) is 0 Å². The molecule has 2 heterocycles. The van der Waals surface area contributed by atoms with Crippen LogP contribution in [-0.2, 0) is 23.0 Å². The van der Waals surface area contributed by atoms with E-state index in [1.807, 2.05) is 0 Å². The van der Waals surface area contributed by atoms with Gasteiger partial charge in [-0.15, -0.1) is 0 Å². The van der Waals surface area contributed by atoms with Gasteiger partial charge in [0.05, 0.1) is 6.54 Å². The first-order valence-corrected chi connectivity index (χ1v) is 7.07. The zero-order chi connectivity index (χ0) is 13.9. The van der Waals surface area contributed by atoms with E-state index in [0.29, 0.717) is 23.9 Å². The molecule has 0 aliphatic carbocycles. The minimum Gasteiger partial charge on any atom is -0.447 e. The van der Waals surface area contributed by atoms with Crippen LogP contribution in [0.1, 0.15) is 17.5 Å². The molecule has 0 aliphatic heterocycles. The predicted octanol–water partition coefficient (Wildman–Crippen LogP) is -0.0493. The molecule has 0 saturated heterocycles. The van der Waals surface area contributed by atoms with Gasteiger partial charge in [-0.1, -0.05) is 5.16 Å². The minimum atomic E-state index is -3.67. The zero-order valence-corrected chi connectivity index (χ0v) is 11.1. The summed E-state index contributed by atoms with van der Waals surface area (Å²) in [7, 11) is -3.67. The first-order chi connectivity index (χ1) is 9.01. The standard InChI is InChI=1S/C10H14N4O4S/c1-7-13-9(18-14-7)4-5-12-19(15,16)10-3-2-8(6-11)17-10/h2-3,12H,4-6,11H2,1H3. The van der Waals surface area contributed by atoms with Crippen LogP contribution in [0.15, 0.2) is 26.2 Å². The largest absolute Gasteiger partial charge is 0.447 e. The van der Waals surface area contributed by atoms with Crippen molar-refractivity contribution in [2.45, 2.75) is 25.0 Å². The number of hydrogen-bond acceptors (Lipinski definition) is 7. The van der Waals surface area contributed by atoms with Crippen molar-refractivity contribution in [2.75, 3.05) is 6.54 Å². The van der Waals surface area contributed by atoms with Gasteiger partial charge < -0.3 is 14.7 Å². The van der Waals surface area contributed by atoms with E-state index in [2.05, 4.69) is 14.9 Å². The van der Waals surface area contributed by atoms with E-state index in [9.17, 15) is 8.42 Å². The summed E-state index contributed by atoms with van der Waals surface area (Å²) in [6.45, 7) is 1.98. The normalized spacial score (nSPS) is 11.9. The third kappa shape index (κ3) is 3.40. The number of aromatic nitrogens is 2. The average molecular weight is 286 g/mol. The van der Waals surface area contributed by atoms with Crippen LogP contribution < -0.4 is 10.5 Å². The Bertz CT molecular complexity index is 646. The molecule has 0 spiro atoms. The fourth-order valence-corrected chi connectivity index (χ4v) is 2.39. The van der Waals surface area contributed by atoms with Crippen molar-refractivity contribution in [1.29, 1.82) is 0 Å². The summed E-state index contributed by atoms with van der Waals surface area (Å²) in [5.74, 6) is 1.30. The smallest absolute Gasteiger partial charge is 0.273 e. The molecule has 2 aromatic rings. The summed E-state index contributed by atoms with van der Waals surface area (Å²) in [5, 5.41) is 3.45. The van der Waals surface area contributed by atoms with Gasteiger partial charge >= 0.3 is 0 Å². The van der Waals surface area contributed by atoms with Crippen molar-refractivity contribution in [2.24, 2.45) is 5.73 Å². The van der Waals surface area contributed by atoms with Gasteiger partial charge in [0.25, 0.3) is 10.0 Å². The maximum absolute atomic E-state index is 11.8. The Morgan fingerprint density at radius 2 is 2.21 bits per heavy atom. The van der Waals surface area contributed by atoms with E-state index >= 15 is 0 Å². The first-order valence-electron chi connectivity index (χ1n) is 5.59. The second-order valence-corrected chi connectivity index (χ2v) is 5.51. The second kappa shape index (κ2) is 5.51.